The van der Waals surface area contributed by atoms with E-state index in [1.54, 1.807) is 19.9 Å². The molecule has 10 nitrogen and oxygen atoms in total. The van der Waals surface area contributed by atoms with Crippen molar-refractivity contribution in [3.05, 3.63) is 12.2 Å². The van der Waals surface area contributed by atoms with Gasteiger partial charge in [-0.15, -0.1) is 0 Å². The zero-order valence-electron chi connectivity index (χ0n) is 26.2. The van der Waals surface area contributed by atoms with Gasteiger partial charge < -0.3 is 18.5 Å². The van der Waals surface area contributed by atoms with Gasteiger partial charge in [-0.3, -0.25) is 9.36 Å². The average molecular weight is 783 g/mol. The number of ether oxygens (including phenoxy) is 2. The van der Waals surface area contributed by atoms with E-state index in [4.69, 9.17) is 88.1 Å². The third-order valence-electron chi connectivity index (χ3n) is 6.08. The van der Waals surface area contributed by atoms with Crippen LogP contribution in [0.25, 0.3) is 0 Å². The molecule has 0 aromatic heterocycles. The van der Waals surface area contributed by atoms with Crippen LogP contribution in [0.1, 0.15) is 97.8 Å². The number of carbonyl (C=O) groups is 3. The van der Waals surface area contributed by atoms with E-state index in [-0.39, 0.29) is 13.2 Å². The van der Waals surface area contributed by atoms with Gasteiger partial charge in [-0.1, -0.05) is 147 Å². The Hall–Kier alpha value is -0.160. The number of hydrazine groups is 1. The van der Waals surface area contributed by atoms with Gasteiger partial charge in [-0.25, -0.2) is 20.0 Å². The monoisotopic (exact) mass is 780 g/mol. The molecule has 1 N–H and O–H groups in total. The summed E-state index contributed by atoms with van der Waals surface area (Å²) >= 11 is 34.0. The SMILES string of the molecule is CCCCCCCCCCCCC/C=C/C(=O)C(CP(=O)(OCC)OCC)N(NC(=O)OCC(Cl)(Cl)Cl)C(=O)OCC(Cl)(Cl)Cl. The molecule has 0 spiro atoms. The van der Waals surface area contributed by atoms with E-state index >= 15 is 0 Å². The van der Waals surface area contributed by atoms with Gasteiger partial charge >= 0.3 is 19.8 Å². The Morgan fingerprint density at radius 3 is 1.69 bits per heavy atom. The number of allylic oxidation sites excluding steroid dienone is 1. The standard InChI is InChI=1S/C28H47Cl6N2O8P/c1-4-7-8-9-10-11-12-13-14-15-16-17-18-19-24(37)23(20-45(40,43-5-2)44-6-3)36(26(39)42-22-28(32,33)34)35-25(38)41-21-27(29,30)31/h18-19,23H,4-17,20-22H2,1-3H3,(H,35,38)/b19-18+. The van der Waals surface area contributed by atoms with Crippen LogP contribution in [0, 0.1) is 0 Å². The third kappa shape index (κ3) is 24.6. The van der Waals surface area contributed by atoms with Crippen molar-refractivity contribution < 1.29 is 37.5 Å². The van der Waals surface area contributed by atoms with Crippen molar-refractivity contribution in [1.82, 2.24) is 10.4 Å². The number of nitrogens with one attached hydrogen (secondary N) is 1. The lowest BCUT2D eigenvalue weighted by Gasteiger charge is -2.31. The minimum Gasteiger partial charge on any atom is -0.444 e. The molecule has 0 aromatic rings. The van der Waals surface area contributed by atoms with Crippen molar-refractivity contribution in [2.24, 2.45) is 0 Å². The van der Waals surface area contributed by atoms with Gasteiger partial charge in [0.2, 0.25) is 7.59 Å². The third-order valence-corrected chi connectivity index (χ3v) is 8.83. The molecule has 0 aliphatic heterocycles. The molecule has 0 rings (SSSR count). The fourth-order valence-corrected chi connectivity index (χ4v) is 6.19. The lowest BCUT2D eigenvalue weighted by Crippen LogP contribution is -2.56. The van der Waals surface area contributed by atoms with Gasteiger partial charge in [0.1, 0.15) is 19.3 Å². The van der Waals surface area contributed by atoms with Crippen LogP contribution in [-0.4, -0.2) is 69.2 Å². The number of amides is 2. The molecule has 1 atom stereocenters. The van der Waals surface area contributed by atoms with Gasteiger partial charge in [-0.05, 0) is 32.8 Å². The van der Waals surface area contributed by atoms with Crippen LogP contribution in [0.15, 0.2) is 12.2 Å². The summed E-state index contributed by atoms with van der Waals surface area (Å²) in [6.45, 7) is 3.87. The first-order chi connectivity index (χ1) is 21.1. The van der Waals surface area contributed by atoms with E-state index in [2.05, 4.69) is 12.3 Å². The summed E-state index contributed by atoms with van der Waals surface area (Å²) in [6.07, 6.45) is 13.2. The molecular weight excluding hydrogens is 736 g/mol. The quantitative estimate of drug-likeness (QED) is 0.0358. The first-order valence-electron chi connectivity index (χ1n) is 15.2. The summed E-state index contributed by atoms with van der Waals surface area (Å²) in [5.74, 6) is -0.717. The normalized spacial score (nSPS) is 13.1. The highest BCUT2D eigenvalue weighted by Gasteiger charge is 2.40. The lowest BCUT2D eigenvalue weighted by atomic mass is 10.0. The predicted octanol–water partition coefficient (Wildman–Crippen LogP) is 10.3. The molecule has 0 aliphatic carbocycles. The summed E-state index contributed by atoms with van der Waals surface area (Å²) in [7, 11) is -3.97. The maximum atomic E-state index is 13.5. The van der Waals surface area contributed by atoms with Crippen LogP contribution >= 0.6 is 77.2 Å². The van der Waals surface area contributed by atoms with E-state index in [0.717, 1.165) is 25.7 Å². The van der Waals surface area contributed by atoms with Crippen molar-refractivity contribution in [1.29, 1.82) is 0 Å². The van der Waals surface area contributed by atoms with Crippen LogP contribution in [0.4, 0.5) is 9.59 Å². The van der Waals surface area contributed by atoms with Crippen LogP contribution in [0.5, 0.6) is 0 Å². The van der Waals surface area contributed by atoms with E-state index in [0.29, 0.717) is 11.4 Å². The fourth-order valence-electron chi connectivity index (χ4n) is 4.03. The molecule has 0 radical (unpaired) electrons. The van der Waals surface area contributed by atoms with E-state index < -0.39 is 58.6 Å². The predicted molar refractivity (Wildman–Crippen MR) is 183 cm³/mol. The minimum atomic E-state index is -3.97. The summed E-state index contributed by atoms with van der Waals surface area (Å²) in [6, 6.07) is -1.65. The molecule has 1 unspecified atom stereocenters. The zero-order valence-corrected chi connectivity index (χ0v) is 31.6. The van der Waals surface area contributed by atoms with Crippen molar-refractivity contribution in [3.8, 4) is 0 Å². The number of unbranched alkanes of at least 4 members (excludes halogenated alkanes) is 11. The second-order valence-corrected chi connectivity index (χ2v) is 17.3. The molecule has 2 amide bonds. The minimum absolute atomic E-state index is 0.0245. The van der Waals surface area contributed by atoms with Gasteiger partial charge in [0.05, 0.1) is 19.4 Å². The van der Waals surface area contributed by atoms with Crippen LogP contribution in [0.2, 0.25) is 0 Å². The van der Waals surface area contributed by atoms with Crippen molar-refractivity contribution in [2.45, 2.75) is 111 Å². The molecule has 264 valence electrons. The molecule has 0 aromatic carbocycles. The van der Waals surface area contributed by atoms with Gasteiger partial charge in [0.25, 0.3) is 0 Å². The first kappa shape index (κ1) is 44.8. The van der Waals surface area contributed by atoms with E-state index in [9.17, 15) is 18.9 Å². The van der Waals surface area contributed by atoms with E-state index in [1.165, 1.54) is 51.0 Å². The van der Waals surface area contributed by atoms with Crippen molar-refractivity contribution >= 4 is 95.2 Å². The van der Waals surface area contributed by atoms with Gasteiger partial charge in [0.15, 0.2) is 5.78 Å². The Bertz CT molecular complexity index is 924. The van der Waals surface area contributed by atoms with Crippen LogP contribution < -0.4 is 5.43 Å². The molecule has 0 saturated carbocycles. The molecule has 0 aliphatic rings. The highest BCUT2D eigenvalue weighted by atomic mass is 35.6. The molecule has 0 heterocycles. The van der Waals surface area contributed by atoms with Crippen LogP contribution in [0.3, 0.4) is 0 Å². The maximum Gasteiger partial charge on any atom is 0.429 e. The number of rotatable bonds is 23. The topological polar surface area (TPSA) is 120 Å². The number of hydrogen-bond acceptors (Lipinski definition) is 8. The number of nitrogens with zero attached hydrogens (tertiary/aromatic N) is 1. The number of hydrogen-bond donors (Lipinski definition) is 1. The smallest absolute Gasteiger partial charge is 0.429 e. The zero-order chi connectivity index (χ0) is 34.4. The highest BCUT2D eigenvalue weighted by Crippen LogP contribution is 2.49. The van der Waals surface area contributed by atoms with Crippen LogP contribution in [-0.2, 0) is 27.9 Å². The second-order valence-electron chi connectivity index (χ2n) is 10.1. The molecule has 0 saturated heterocycles. The highest BCUT2D eigenvalue weighted by molar-refractivity contribution is 7.54. The lowest BCUT2D eigenvalue weighted by molar-refractivity contribution is -0.119. The molecule has 0 bridgehead atoms. The maximum absolute atomic E-state index is 13.5. The molecular formula is C28H47Cl6N2O8P. The van der Waals surface area contributed by atoms with Crippen molar-refractivity contribution in [2.75, 3.05) is 32.6 Å². The molecule has 17 heteroatoms. The fraction of sp³-hybridized carbons (Fsp3) is 0.821. The molecule has 45 heavy (non-hydrogen) atoms. The summed E-state index contributed by atoms with van der Waals surface area (Å²) in [5.41, 5.74) is 2.07. The number of halogens is 6. The Morgan fingerprint density at radius 2 is 1.22 bits per heavy atom. The number of carbonyl (C=O) groups excluding carboxylic acids is 3. The Labute approximate surface area is 297 Å². The molecule has 0 fully saturated rings. The Balaban J connectivity index is 5.64. The second kappa shape index (κ2) is 24.9. The Morgan fingerprint density at radius 1 is 0.756 bits per heavy atom. The summed E-state index contributed by atoms with van der Waals surface area (Å²) in [4.78, 5) is 39.1. The average Bonchev–Trinajstić information content (AvgIpc) is 2.94. The van der Waals surface area contributed by atoms with Gasteiger partial charge in [-0.2, -0.15) is 0 Å². The Kier molecular flexibility index (Phi) is 24.8. The first-order valence-corrected chi connectivity index (χ1v) is 19.2. The number of ketones is 1. The van der Waals surface area contributed by atoms with E-state index in [1.807, 2.05) is 0 Å². The van der Waals surface area contributed by atoms with Gasteiger partial charge in [0, 0.05) is 0 Å². The summed E-state index contributed by atoms with van der Waals surface area (Å²) < 4.78 is 30.0. The summed E-state index contributed by atoms with van der Waals surface area (Å²) in [5, 5.41) is 0.455. The number of alkyl halides is 6. The largest absolute Gasteiger partial charge is 0.444 e. The van der Waals surface area contributed by atoms with Crippen molar-refractivity contribution in [3.63, 3.8) is 0 Å².